The lowest BCUT2D eigenvalue weighted by Gasteiger charge is -2.04. The van der Waals surface area contributed by atoms with Crippen LogP contribution in [0.4, 0.5) is 0 Å². The lowest BCUT2D eigenvalue weighted by molar-refractivity contribution is 0.711. The highest BCUT2D eigenvalue weighted by atomic mass is 15.4. The molecule has 0 aliphatic rings. The first-order chi connectivity index (χ1) is 9.26. The van der Waals surface area contributed by atoms with E-state index < -0.39 is 0 Å². The molecule has 2 N–H and O–H groups in total. The maximum absolute atomic E-state index is 5.62. The van der Waals surface area contributed by atoms with Crippen LogP contribution in [0.15, 0.2) is 36.7 Å². The van der Waals surface area contributed by atoms with Gasteiger partial charge in [0.15, 0.2) is 0 Å². The van der Waals surface area contributed by atoms with Crippen molar-refractivity contribution < 1.29 is 0 Å². The fraction of sp³-hybridized carbons (Fsp3) is 0.286. The number of aromatic nitrogens is 4. The van der Waals surface area contributed by atoms with Crippen LogP contribution in [-0.4, -0.2) is 26.1 Å². The lowest BCUT2D eigenvalue weighted by Crippen LogP contribution is -2.03. The summed E-state index contributed by atoms with van der Waals surface area (Å²) in [5.74, 6) is 0. The molecule has 0 unspecified atom stereocenters. The van der Waals surface area contributed by atoms with Crippen molar-refractivity contribution in [2.24, 2.45) is 12.8 Å². The molecule has 0 radical (unpaired) electrons. The third-order valence-electron chi connectivity index (χ3n) is 3.25. The standard InChI is InChI=1S/C14H17N5/c1-18-9-13(16-17-18)10-19-7-5-12-3-2-11(4-6-15)8-14(12)19/h2-3,5,7-9H,4,6,10,15H2,1H3. The molecule has 3 aromatic rings. The van der Waals surface area contributed by atoms with Crippen LogP contribution in [0.5, 0.6) is 0 Å². The number of hydrogen-bond acceptors (Lipinski definition) is 3. The molecule has 5 nitrogen and oxygen atoms in total. The van der Waals surface area contributed by atoms with Gasteiger partial charge in [-0.15, -0.1) is 5.10 Å². The second kappa shape index (κ2) is 4.85. The number of rotatable bonds is 4. The Bertz CT molecular complexity index is 695. The Hall–Kier alpha value is -2.14. The van der Waals surface area contributed by atoms with E-state index in [1.54, 1.807) is 4.68 Å². The van der Waals surface area contributed by atoms with E-state index in [-0.39, 0.29) is 0 Å². The van der Waals surface area contributed by atoms with Crippen LogP contribution in [-0.2, 0) is 20.0 Å². The van der Waals surface area contributed by atoms with Gasteiger partial charge in [0, 0.05) is 25.0 Å². The summed E-state index contributed by atoms with van der Waals surface area (Å²) in [7, 11) is 1.88. The quantitative estimate of drug-likeness (QED) is 0.764. The second-order valence-corrected chi connectivity index (χ2v) is 4.76. The normalized spacial score (nSPS) is 11.3. The molecule has 1 aromatic carbocycles. The van der Waals surface area contributed by atoms with Crippen LogP contribution in [0.25, 0.3) is 10.9 Å². The van der Waals surface area contributed by atoms with Gasteiger partial charge >= 0.3 is 0 Å². The number of hydrogen-bond donors (Lipinski definition) is 1. The van der Waals surface area contributed by atoms with Gasteiger partial charge in [0.05, 0.1) is 6.54 Å². The minimum atomic E-state index is 0.677. The number of benzene rings is 1. The van der Waals surface area contributed by atoms with Gasteiger partial charge in [-0.25, -0.2) is 0 Å². The molecular weight excluding hydrogens is 238 g/mol. The molecule has 2 heterocycles. The fourth-order valence-corrected chi connectivity index (χ4v) is 2.33. The molecule has 0 amide bonds. The Balaban J connectivity index is 1.96. The van der Waals surface area contributed by atoms with E-state index in [1.165, 1.54) is 16.5 Å². The molecule has 0 saturated carbocycles. The summed E-state index contributed by atoms with van der Waals surface area (Å²) >= 11 is 0. The summed E-state index contributed by atoms with van der Waals surface area (Å²) in [5, 5.41) is 9.33. The molecule has 5 heteroatoms. The first-order valence-corrected chi connectivity index (χ1v) is 6.39. The van der Waals surface area contributed by atoms with Crippen LogP contribution in [0, 0.1) is 0 Å². The van der Waals surface area contributed by atoms with Crippen molar-refractivity contribution in [3.63, 3.8) is 0 Å². The first-order valence-electron chi connectivity index (χ1n) is 6.39. The molecule has 0 saturated heterocycles. The Morgan fingerprint density at radius 2 is 2.16 bits per heavy atom. The van der Waals surface area contributed by atoms with Gasteiger partial charge in [-0.2, -0.15) is 0 Å². The molecule has 19 heavy (non-hydrogen) atoms. The molecule has 3 rings (SSSR count). The van der Waals surface area contributed by atoms with Crippen LogP contribution >= 0.6 is 0 Å². The first kappa shape index (κ1) is 11.9. The van der Waals surface area contributed by atoms with Crippen LogP contribution in [0.3, 0.4) is 0 Å². The number of aryl methyl sites for hydroxylation is 1. The summed E-state index contributed by atoms with van der Waals surface area (Å²) in [6, 6.07) is 8.62. The maximum Gasteiger partial charge on any atom is 0.102 e. The predicted molar refractivity (Wildman–Crippen MR) is 74.8 cm³/mol. The summed E-state index contributed by atoms with van der Waals surface area (Å²) < 4.78 is 3.92. The van der Waals surface area contributed by atoms with Crippen molar-refractivity contribution in [2.75, 3.05) is 6.54 Å². The monoisotopic (exact) mass is 255 g/mol. The lowest BCUT2D eigenvalue weighted by atomic mass is 10.1. The van der Waals surface area contributed by atoms with Gasteiger partial charge in [0.2, 0.25) is 0 Å². The largest absolute Gasteiger partial charge is 0.341 e. The Morgan fingerprint density at radius 1 is 1.26 bits per heavy atom. The van der Waals surface area contributed by atoms with E-state index in [1.807, 2.05) is 13.2 Å². The molecular formula is C14H17N5. The SMILES string of the molecule is Cn1cc(Cn2ccc3ccc(CCN)cc32)nn1. The predicted octanol–water partition coefficient (Wildman–Crippen LogP) is 1.32. The molecule has 0 aliphatic heterocycles. The van der Waals surface area contributed by atoms with E-state index in [2.05, 4.69) is 45.3 Å². The average Bonchev–Trinajstić information content (AvgIpc) is 2.98. The maximum atomic E-state index is 5.62. The number of nitrogens with two attached hydrogens (primary N) is 1. The van der Waals surface area contributed by atoms with Gasteiger partial charge in [-0.05, 0) is 36.0 Å². The van der Waals surface area contributed by atoms with Crippen LogP contribution in [0.2, 0.25) is 0 Å². The van der Waals surface area contributed by atoms with E-state index >= 15 is 0 Å². The summed E-state index contributed by atoms with van der Waals surface area (Å²) in [4.78, 5) is 0. The van der Waals surface area contributed by atoms with Crippen LogP contribution in [0.1, 0.15) is 11.3 Å². The third kappa shape index (κ3) is 2.37. The summed E-state index contributed by atoms with van der Waals surface area (Å²) in [6.45, 7) is 1.42. The number of fused-ring (bicyclic) bond motifs is 1. The zero-order chi connectivity index (χ0) is 13.2. The molecule has 0 spiro atoms. The minimum Gasteiger partial charge on any atom is -0.341 e. The second-order valence-electron chi connectivity index (χ2n) is 4.76. The van der Waals surface area contributed by atoms with Crippen molar-refractivity contribution in [2.45, 2.75) is 13.0 Å². The Kier molecular flexibility index (Phi) is 3.05. The van der Waals surface area contributed by atoms with Gasteiger partial charge in [-0.3, -0.25) is 4.68 Å². The highest BCUT2D eigenvalue weighted by Gasteiger charge is 2.05. The van der Waals surface area contributed by atoms with Crippen molar-refractivity contribution >= 4 is 10.9 Å². The molecule has 0 bridgehead atoms. The smallest absolute Gasteiger partial charge is 0.102 e. The average molecular weight is 255 g/mol. The van der Waals surface area contributed by atoms with Crippen molar-refractivity contribution in [3.05, 3.63) is 47.9 Å². The molecule has 0 atom stereocenters. The topological polar surface area (TPSA) is 61.7 Å². The zero-order valence-corrected chi connectivity index (χ0v) is 11.0. The van der Waals surface area contributed by atoms with E-state index in [4.69, 9.17) is 5.73 Å². The molecule has 0 aliphatic carbocycles. The Morgan fingerprint density at radius 3 is 2.89 bits per heavy atom. The van der Waals surface area contributed by atoms with Crippen molar-refractivity contribution in [1.29, 1.82) is 0 Å². The third-order valence-corrected chi connectivity index (χ3v) is 3.25. The van der Waals surface area contributed by atoms with Crippen molar-refractivity contribution in [3.8, 4) is 0 Å². The van der Waals surface area contributed by atoms with Crippen molar-refractivity contribution in [1.82, 2.24) is 19.6 Å². The Labute approximate surface area is 111 Å². The minimum absolute atomic E-state index is 0.677. The number of nitrogens with zero attached hydrogens (tertiary/aromatic N) is 4. The highest BCUT2D eigenvalue weighted by Crippen LogP contribution is 2.18. The molecule has 0 fully saturated rings. The molecule has 98 valence electrons. The summed E-state index contributed by atoms with van der Waals surface area (Å²) in [6.07, 6.45) is 4.94. The zero-order valence-electron chi connectivity index (χ0n) is 11.0. The van der Waals surface area contributed by atoms with E-state index in [9.17, 15) is 0 Å². The summed E-state index contributed by atoms with van der Waals surface area (Å²) in [5.41, 5.74) is 9.07. The van der Waals surface area contributed by atoms with Crippen LogP contribution < -0.4 is 5.73 Å². The van der Waals surface area contributed by atoms with E-state index in [0.29, 0.717) is 6.54 Å². The van der Waals surface area contributed by atoms with Gasteiger partial charge in [0.25, 0.3) is 0 Å². The van der Waals surface area contributed by atoms with E-state index in [0.717, 1.165) is 18.7 Å². The van der Waals surface area contributed by atoms with Gasteiger partial charge < -0.3 is 10.3 Å². The van der Waals surface area contributed by atoms with Gasteiger partial charge in [-0.1, -0.05) is 17.3 Å². The highest BCUT2D eigenvalue weighted by molar-refractivity contribution is 5.80. The van der Waals surface area contributed by atoms with Gasteiger partial charge in [0.1, 0.15) is 5.69 Å². The fourth-order valence-electron chi connectivity index (χ4n) is 2.33. The molecule has 2 aromatic heterocycles.